The molecule has 4 amide bonds. The van der Waals surface area contributed by atoms with Gasteiger partial charge in [0.2, 0.25) is 0 Å². The number of pyridine rings is 2. The molecule has 16 heteroatoms. The van der Waals surface area contributed by atoms with Crippen LogP contribution in [0.3, 0.4) is 0 Å². The minimum atomic E-state index is -0.435. The molecule has 4 aromatic rings. The molecule has 0 radical (unpaired) electrons. The van der Waals surface area contributed by atoms with E-state index in [4.69, 9.17) is 37.9 Å². The number of hydrogen-bond acceptors (Lipinski definition) is 9. The number of nitriles is 1. The molecular weight excluding hydrogens is 737 g/mol. The highest BCUT2D eigenvalue weighted by molar-refractivity contribution is 9.10. The number of aromatic nitrogens is 2. The first-order valence-electron chi connectivity index (χ1n) is 15.1. The summed E-state index contributed by atoms with van der Waals surface area (Å²) in [6.07, 6.45) is 2.87. The Morgan fingerprint density at radius 1 is 0.796 bits per heavy atom. The van der Waals surface area contributed by atoms with E-state index in [0.29, 0.717) is 51.8 Å². The molecule has 2 saturated heterocycles. The molecule has 2 aliphatic heterocycles. The van der Waals surface area contributed by atoms with Gasteiger partial charge in [0.05, 0.1) is 58.7 Å². The van der Waals surface area contributed by atoms with Crippen LogP contribution in [-0.4, -0.2) is 61.4 Å². The number of nitrogens with zero attached hydrogens (tertiary/aromatic N) is 3. The molecule has 4 heterocycles. The summed E-state index contributed by atoms with van der Waals surface area (Å²) in [5, 5.41) is 27.0. The third-order valence-corrected chi connectivity index (χ3v) is 8.38. The zero-order chi connectivity index (χ0) is 34.6. The number of ether oxygens (including phenoxy) is 2. The van der Waals surface area contributed by atoms with Gasteiger partial charge in [0.15, 0.2) is 0 Å². The van der Waals surface area contributed by atoms with Crippen molar-refractivity contribution in [3.05, 3.63) is 104 Å². The molecule has 13 nitrogen and oxygen atoms in total. The summed E-state index contributed by atoms with van der Waals surface area (Å²) in [6.45, 7) is 4.57. The Kier molecular flexibility index (Phi) is 13.1. The van der Waals surface area contributed by atoms with Gasteiger partial charge in [0.25, 0.3) is 0 Å². The molecule has 0 aliphatic carbocycles. The quantitative estimate of drug-likeness (QED) is 0.125. The molecule has 6 N–H and O–H groups in total. The maximum absolute atomic E-state index is 12.1. The number of anilines is 4. The zero-order valence-electron chi connectivity index (χ0n) is 25.9. The minimum Gasteiger partial charge on any atom is -0.371 e. The van der Waals surface area contributed by atoms with Gasteiger partial charge in [-0.05, 0) is 75.6 Å². The Labute approximate surface area is 301 Å². The van der Waals surface area contributed by atoms with Gasteiger partial charge in [0.1, 0.15) is 17.6 Å². The number of morpholine rings is 2. The van der Waals surface area contributed by atoms with Crippen LogP contribution in [0.1, 0.15) is 29.0 Å². The average Bonchev–Trinajstić information content (AvgIpc) is 3.12. The van der Waals surface area contributed by atoms with Crippen molar-refractivity contribution < 1.29 is 19.1 Å². The maximum Gasteiger partial charge on any atom is 0.324 e. The smallest absolute Gasteiger partial charge is 0.324 e. The van der Waals surface area contributed by atoms with Crippen molar-refractivity contribution in [3.8, 4) is 6.07 Å². The molecule has 6 rings (SSSR count). The number of hydrogen-bond donors (Lipinski definition) is 6. The van der Waals surface area contributed by atoms with E-state index in [0.717, 1.165) is 41.8 Å². The summed E-state index contributed by atoms with van der Waals surface area (Å²) in [5.74, 6) is 0.395. The Morgan fingerprint density at radius 3 is 2.00 bits per heavy atom. The van der Waals surface area contributed by atoms with Crippen molar-refractivity contribution in [3.63, 3.8) is 0 Å². The van der Waals surface area contributed by atoms with Crippen molar-refractivity contribution in [1.29, 1.82) is 5.26 Å². The molecule has 2 aromatic carbocycles. The number of amides is 4. The zero-order valence-corrected chi connectivity index (χ0v) is 29.0. The van der Waals surface area contributed by atoms with Crippen LogP contribution in [0.4, 0.5) is 32.5 Å². The highest BCUT2D eigenvalue weighted by Crippen LogP contribution is 2.29. The predicted molar refractivity (Wildman–Crippen MR) is 192 cm³/mol. The molecular formula is C33H32BrCl2N9O4. The standard InChI is InChI=1S/C17H16BrN5O2.C16H16Cl2N4O2/c18-14-7-11(16-10-20-5-6-25-16)1-4-15(14)23-17(24)22-13-3-2-12(8-19)21-9-13;17-11-2-4-15(20-8-11)22-16(23)21-13-3-1-10(7-12(13)18)14-9-19-5-6-24-14/h1-4,7,9,16,20H,5-6,10H2,(H2,22,23,24);1-4,7-8,14,19H,5-6,9H2,(H2,20,21,22,23)/t16-;14-/m01/s1. The van der Waals surface area contributed by atoms with Gasteiger partial charge in [-0.2, -0.15) is 5.26 Å². The van der Waals surface area contributed by atoms with E-state index in [9.17, 15) is 9.59 Å². The third kappa shape index (κ3) is 10.8. The van der Waals surface area contributed by atoms with Crippen LogP contribution < -0.4 is 31.9 Å². The Bertz CT molecular complexity index is 1780. The number of rotatable bonds is 6. The Balaban J connectivity index is 0.000000191. The second kappa shape index (κ2) is 17.9. The summed E-state index contributed by atoms with van der Waals surface area (Å²) in [7, 11) is 0. The van der Waals surface area contributed by atoms with E-state index in [-0.39, 0.29) is 12.2 Å². The van der Waals surface area contributed by atoms with E-state index in [1.54, 1.807) is 36.4 Å². The number of benzene rings is 2. The third-order valence-electron chi connectivity index (χ3n) is 7.19. The largest absolute Gasteiger partial charge is 0.371 e. The lowest BCUT2D eigenvalue weighted by atomic mass is 10.1. The highest BCUT2D eigenvalue weighted by atomic mass is 79.9. The lowest BCUT2D eigenvalue weighted by molar-refractivity contribution is 0.0276. The molecule has 2 aromatic heterocycles. The fourth-order valence-electron chi connectivity index (χ4n) is 4.76. The van der Waals surface area contributed by atoms with Crippen LogP contribution in [-0.2, 0) is 9.47 Å². The molecule has 2 atom stereocenters. The first-order chi connectivity index (χ1) is 23.8. The second-order valence-electron chi connectivity index (χ2n) is 10.7. The Morgan fingerprint density at radius 2 is 1.45 bits per heavy atom. The van der Waals surface area contributed by atoms with Crippen molar-refractivity contribution in [1.82, 2.24) is 20.6 Å². The molecule has 0 unspecified atom stereocenters. The monoisotopic (exact) mass is 767 g/mol. The molecule has 0 saturated carbocycles. The van der Waals surface area contributed by atoms with Crippen LogP contribution in [0.15, 0.2) is 77.5 Å². The summed E-state index contributed by atoms with van der Waals surface area (Å²) in [4.78, 5) is 32.0. The Hall–Kier alpha value is -4.33. The van der Waals surface area contributed by atoms with Gasteiger partial charge >= 0.3 is 12.1 Å². The highest BCUT2D eigenvalue weighted by Gasteiger charge is 2.18. The van der Waals surface area contributed by atoms with Crippen molar-refractivity contribution in [2.24, 2.45) is 0 Å². The first kappa shape index (κ1) is 36.0. The van der Waals surface area contributed by atoms with Gasteiger partial charge in [-0.15, -0.1) is 0 Å². The van der Waals surface area contributed by atoms with E-state index < -0.39 is 12.1 Å². The summed E-state index contributed by atoms with van der Waals surface area (Å²) >= 11 is 15.5. The SMILES string of the molecule is N#Cc1ccc(NC(=O)Nc2ccc([C@@H]3CNCCO3)cc2Br)cn1.O=C(Nc1ccc(Cl)cn1)Nc1ccc([C@H]2CNCCO2)cc1Cl. The van der Waals surface area contributed by atoms with E-state index in [1.165, 1.54) is 12.4 Å². The summed E-state index contributed by atoms with van der Waals surface area (Å²) in [5.41, 5.74) is 3.97. The molecule has 0 spiro atoms. The lowest BCUT2D eigenvalue weighted by Gasteiger charge is -2.24. The predicted octanol–water partition coefficient (Wildman–Crippen LogP) is 6.71. The van der Waals surface area contributed by atoms with Crippen LogP contribution in [0.25, 0.3) is 0 Å². The maximum atomic E-state index is 12.1. The topological polar surface area (TPSA) is 174 Å². The normalized spacial score (nSPS) is 17.0. The number of carbonyl (C=O) groups excluding carboxylic acids is 2. The minimum absolute atomic E-state index is 0.0117. The van der Waals surface area contributed by atoms with Gasteiger partial charge in [-0.25, -0.2) is 19.6 Å². The number of urea groups is 2. The van der Waals surface area contributed by atoms with Gasteiger partial charge < -0.3 is 36.1 Å². The van der Waals surface area contributed by atoms with Crippen molar-refractivity contribution >= 4 is 74.1 Å². The van der Waals surface area contributed by atoms with Gasteiger partial charge in [-0.1, -0.05) is 35.3 Å². The molecule has 254 valence electrons. The van der Waals surface area contributed by atoms with Crippen LogP contribution in [0.5, 0.6) is 0 Å². The van der Waals surface area contributed by atoms with E-state index in [1.807, 2.05) is 30.3 Å². The van der Waals surface area contributed by atoms with Gasteiger partial charge in [0, 0.05) is 36.8 Å². The molecule has 49 heavy (non-hydrogen) atoms. The molecule has 2 fully saturated rings. The first-order valence-corrected chi connectivity index (χ1v) is 16.7. The van der Waals surface area contributed by atoms with Crippen LogP contribution in [0, 0.1) is 11.3 Å². The molecule has 0 bridgehead atoms. The van der Waals surface area contributed by atoms with Crippen molar-refractivity contribution in [2.45, 2.75) is 12.2 Å². The number of carbonyl (C=O) groups is 2. The van der Waals surface area contributed by atoms with Gasteiger partial charge in [-0.3, -0.25) is 5.32 Å². The van der Waals surface area contributed by atoms with Crippen LogP contribution in [0.2, 0.25) is 10.0 Å². The summed E-state index contributed by atoms with van der Waals surface area (Å²) < 4.78 is 12.2. The second-order valence-corrected chi connectivity index (χ2v) is 12.4. The van der Waals surface area contributed by atoms with Crippen LogP contribution >= 0.6 is 39.1 Å². The molecule has 2 aliphatic rings. The van der Waals surface area contributed by atoms with Crippen molar-refractivity contribution in [2.75, 3.05) is 60.7 Å². The fraction of sp³-hybridized carbons (Fsp3) is 0.242. The fourth-order valence-corrected chi connectivity index (χ4v) is 5.61. The summed E-state index contributed by atoms with van der Waals surface area (Å²) in [6, 6.07) is 18.7. The number of halogens is 3. The average molecular weight is 769 g/mol. The van der Waals surface area contributed by atoms with E-state index >= 15 is 0 Å². The number of nitrogens with one attached hydrogen (secondary N) is 6. The van der Waals surface area contributed by atoms with E-state index in [2.05, 4.69) is 57.8 Å². The lowest BCUT2D eigenvalue weighted by Crippen LogP contribution is -2.33.